The largest absolute Gasteiger partial charge is 0.399 e. The second-order valence-corrected chi connectivity index (χ2v) is 5.03. The van der Waals surface area contributed by atoms with E-state index < -0.39 is 0 Å². The number of ketones is 1. The number of nitrogens with zero attached hydrogens (tertiary/aromatic N) is 1. The highest BCUT2D eigenvalue weighted by Gasteiger charge is 2.15. The molecule has 4 heteroatoms. The number of carbonyl (C=O) groups is 2. The maximum Gasteiger partial charge on any atom is 0.214 e. The molecule has 4 nitrogen and oxygen atoms in total. The van der Waals surface area contributed by atoms with E-state index >= 15 is 0 Å². The summed E-state index contributed by atoms with van der Waals surface area (Å²) in [6.07, 6.45) is 0.665. The van der Waals surface area contributed by atoms with Gasteiger partial charge in [0, 0.05) is 11.3 Å². The number of anilines is 2. The van der Waals surface area contributed by atoms with Gasteiger partial charge in [-0.15, -0.1) is 0 Å². The molecule has 0 bridgehead atoms. The van der Waals surface area contributed by atoms with Gasteiger partial charge < -0.3 is 10.6 Å². The predicted octanol–water partition coefficient (Wildman–Crippen LogP) is 2.80. The molecule has 2 aromatic rings. The summed E-state index contributed by atoms with van der Waals surface area (Å²) in [5.74, 6) is -0.0831. The summed E-state index contributed by atoms with van der Waals surface area (Å²) in [7, 11) is 0. The molecule has 2 aromatic carbocycles. The van der Waals surface area contributed by atoms with Gasteiger partial charge in [0.25, 0.3) is 0 Å². The van der Waals surface area contributed by atoms with E-state index in [1.165, 1.54) is 11.8 Å². The second kappa shape index (κ2) is 6.22. The lowest BCUT2D eigenvalue weighted by Gasteiger charge is -2.21. The van der Waals surface area contributed by atoms with Gasteiger partial charge in [-0.25, -0.2) is 0 Å². The molecule has 0 aliphatic carbocycles. The van der Waals surface area contributed by atoms with Gasteiger partial charge >= 0.3 is 0 Å². The molecule has 2 N–H and O–H groups in total. The number of Topliss-reactive ketones (excluding diaryl/α,β-unsaturated/α-hetero) is 1. The Morgan fingerprint density at radius 2 is 1.90 bits per heavy atom. The Labute approximate surface area is 124 Å². The third-order valence-electron chi connectivity index (χ3n) is 3.29. The number of nitrogen functional groups attached to an aromatic ring is 1. The van der Waals surface area contributed by atoms with Gasteiger partial charge in [0.05, 0.1) is 12.2 Å². The van der Waals surface area contributed by atoms with Crippen LogP contribution in [0.25, 0.3) is 11.1 Å². The third-order valence-corrected chi connectivity index (χ3v) is 3.29. The van der Waals surface area contributed by atoms with Crippen molar-refractivity contribution in [3.8, 4) is 11.1 Å². The lowest BCUT2D eigenvalue weighted by Crippen LogP contribution is -2.27. The van der Waals surface area contributed by atoms with Crippen molar-refractivity contribution in [1.82, 2.24) is 0 Å². The zero-order chi connectivity index (χ0) is 15.4. The van der Waals surface area contributed by atoms with Crippen molar-refractivity contribution in [2.75, 3.05) is 17.2 Å². The third kappa shape index (κ3) is 3.28. The SMILES string of the molecule is CC(=O)CN(C=O)c1cc(N)ccc1-c1ccccc1C. The molecule has 0 aromatic heterocycles. The maximum absolute atomic E-state index is 11.4. The molecule has 0 heterocycles. The van der Waals surface area contributed by atoms with Crippen LogP contribution >= 0.6 is 0 Å². The molecule has 0 atom stereocenters. The summed E-state index contributed by atoms with van der Waals surface area (Å²) in [4.78, 5) is 24.1. The van der Waals surface area contributed by atoms with E-state index in [9.17, 15) is 9.59 Å². The normalized spacial score (nSPS) is 10.2. The number of hydrogen-bond donors (Lipinski definition) is 1. The van der Waals surface area contributed by atoms with Crippen LogP contribution in [0.3, 0.4) is 0 Å². The fourth-order valence-electron chi connectivity index (χ4n) is 2.31. The molecule has 0 radical (unpaired) electrons. The Hall–Kier alpha value is -2.62. The summed E-state index contributed by atoms with van der Waals surface area (Å²) < 4.78 is 0. The molecule has 21 heavy (non-hydrogen) atoms. The molecule has 0 aliphatic rings. The molecule has 0 aliphatic heterocycles. The first-order chi connectivity index (χ1) is 10.0. The van der Waals surface area contributed by atoms with Crippen LogP contribution in [0, 0.1) is 6.92 Å². The van der Waals surface area contributed by atoms with Crippen LogP contribution in [0.1, 0.15) is 12.5 Å². The molecule has 0 unspecified atom stereocenters. The molecule has 2 rings (SSSR count). The Kier molecular flexibility index (Phi) is 4.38. The van der Waals surface area contributed by atoms with Crippen molar-refractivity contribution < 1.29 is 9.59 Å². The minimum Gasteiger partial charge on any atom is -0.399 e. The van der Waals surface area contributed by atoms with E-state index in [1.807, 2.05) is 37.3 Å². The lowest BCUT2D eigenvalue weighted by molar-refractivity contribution is -0.117. The van der Waals surface area contributed by atoms with E-state index in [0.29, 0.717) is 17.8 Å². The van der Waals surface area contributed by atoms with Gasteiger partial charge in [-0.2, -0.15) is 0 Å². The molecule has 108 valence electrons. The molecule has 0 saturated carbocycles. The Balaban J connectivity index is 2.59. The van der Waals surface area contributed by atoms with E-state index in [2.05, 4.69) is 0 Å². The summed E-state index contributed by atoms with van der Waals surface area (Å²) in [6, 6.07) is 13.3. The summed E-state index contributed by atoms with van der Waals surface area (Å²) in [6.45, 7) is 3.49. The molecule has 0 saturated heterocycles. The number of hydrogen-bond acceptors (Lipinski definition) is 3. The molecule has 1 amide bonds. The fourth-order valence-corrected chi connectivity index (χ4v) is 2.31. The maximum atomic E-state index is 11.4. The fraction of sp³-hybridized carbons (Fsp3) is 0.176. The zero-order valence-corrected chi connectivity index (χ0v) is 12.2. The average molecular weight is 282 g/mol. The molecular formula is C17H18N2O2. The first-order valence-electron chi connectivity index (χ1n) is 6.70. The van der Waals surface area contributed by atoms with Crippen LogP contribution in [0.5, 0.6) is 0 Å². The van der Waals surface area contributed by atoms with Gasteiger partial charge in [-0.3, -0.25) is 9.59 Å². The Bertz CT molecular complexity index is 680. The smallest absolute Gasteiger partial charge is 0.214 e. The second-order valence-electron chi connectivity index (χ2n) is 5.03. The topological polar surface area (TPSA) is 63.4 Å². The molecule has 0 fully saturated rings. The lowest BCUT2D eigenvalue weighted by atomic mass is 9.98. The quantitative estimate of drug-likeness (QED) is 0.677. The van der Waals surface area contributed by atoms with Gasteiger partial charge in [-0.05, 0) is 37.1 Å². The number of carbonyl (C=O) groups excluding carboxylic acids is 2. The number of rotatable bonds is 5. The number of aryl methyl sites for hydroxylation is 1. The Morgan fingerprint density at radius 1 is 1.19 bits per heavy atom. The van der Waals surface area contributed by atoms with Crippen molar-refractivity contribution in [2.45, 2.75) is 13.8 Å². The standard InChI is InChI=1S/C17H18N2O2/c1-12-5-3-4-6-15(12)16-8-7-14(18)9-17(16)19(11-20)10-13(2)21/h3-9,11H,10,18H2,1-2H3. The highest BCUT2D eigenvalue weighted by atomic mass is 16.1. The van der Waals surface area contributed by atoms with Crippen LogP contribution in [0.15, 0.2) is 42.5 Å². The first-order valence-corrected chi connectivity index (χ1v) is 6.70. The monoisotopic (exact) mass is 282 g/mol. The highest BCUT2D eigenvalue weighted by molar-refractivity contribution is 5.94. The van der Waals surface area contributed by atoms with Gasteiger partial charge in [0.2, 0.25) is 6.41 Å². The molecular weight excluding hydrogens is 264 g/mol. The van der Waals surface area contributed by atoms with Crippen LogP contribution in [-0.2, 0) is 9.59 Å². The number of nitrogens with two attached hydrogens (primary N) is 1. The van der Waals surface area contributed by atoms with Crippen molar-refractivity contribution in [1.29, 1.82) is 0 Å². The van der Waals surface area contributed by atoms with Crippen LogP contribution < -0.4 is 10.6 Å². The van der Waals surface area contributed by atoms with Crippen LogP contribution in [0.2, 0.25) is 0 Å². The van der Waals surface area contributed by atoms with Gasteiger partial charge in [0.15, 0.2) is 0 Å². The van der Waals surface area contributed by atoms with E-state index in [4.69, 9.17) is 5.73 Å². The minimum atomic E-state index is -0.0831. The predicted molar refractivity (Wildman–Crippen MR) is 85.1 cm³/mol. The van der Waals surface area contributed by atoms with Crippen molar-refractivity contribution >= 4 is 23.6 Å². The summed E-state index contributed by atoms with van der Waals surface area (Å²) in [5.41, 5.74) is 10.0. The average Bonchev–Trinajstić information content (AvgIpc) is 2.45. The summed E-state index contributed by atoms with van der Waals surface area (Å²) >= 11 is 0. The zero-order valence-electron chi connectivity index (χ0n) is 12.2. The van der Waals surface area contributed by atoms with E-state index in [0.717, 1.165) is 16.7 Å². The van der Waals surface area contributed by atoms with E-state index in [1.54, 1.807) is 12.1 Å². The van der Waals surface area contributed by atoms with Gasteiger partial charge in [-0.1, -0.05) is 30.3 Å². The van der Waals surface area contributed by atoms with E-state index in [-0.39, 0.29) is 12.3 Å². The van der Waals surface area contributed by atoms with Crippen molar-refractivity contribution in [3.63, 3.8) is 0 Å². The summed E-state index contributed by atoms with van der Waals surface area (Å²) in [5, 5.41) is 0. The number of benzene rings is 2. The number of amides is 1. The minimum absolute atomic E-state index is 0.0336. The van der Waals surface area contributed by atoms with Gasteiger partial charge in [0.1, 0.15) is 5.78 Å². The first kappa shape index (κ1) is 14.8. The van der Waals surface area contributed by atoms with Crippen molar-refractivity contribution in [2.24, 2.45) is 0 Å². The molecule has 0 spiro atoms. The van der Waals surface area contributed by atoms with Crippen LogP contribution in [0.4, 0.5) is 11.4 Å². The van der Waals surface area contributed by atoms with Crippen LogP contribution in [-0.4, -0.2) is 18.7 Å². The van der Waals surface area contributed by atoms with Crippen molar-refractivity contribution in [3.05, 3.63) is 48.0 Å². The highest BCUT2D eigenvalue weighted by Crippen LogP contribution is 2.34. The Morgan fingerprint density at radius 3 is 2.52 bits per heavy atom.